The fourth-order valence-corrected chi connectivity index (χ4v) is 2.11. The zero-order valence-corrected chi connectivity index (χ0v) is 13.1. The molecule has 0 unspecified atom stereocenters. The fourth-order valence-electron chi connectivity index (χ4n) is 2.11. The molecule has 0 spiro atoms. The molecule has 0 bridgehead atoms. The molecule has 1 aromatic heterocycles. The van der Waals surface area contributed by atoms with Gasteiger partial charge in [-0.25, -0.2) is 0 Å². The van der Waals surface area contributed by atoms with Crippen LogP contribution in [0.2, 0.25) is 0 Å². The SMILES string of the molecule is C=CC(=O)Nc1cc(-c2ccn(C)n2)ccc1NCCCC. The number of carbonyl (C=O) groups excluding carboxylic acids is 1. The van der Waals surface area contributed by atoms with Gasteiger partial charge in [0.15, 0.2) is 0 Å². The second kappa shape index (κ2) is 7.45. The summed E-state index contributed by atoms with van der Waals surface area (Å²) in [6, 6.07) is 7.84. The van der Waals surface area contributed by atoms with Crippen molar-refractivity contribution in [3.63, 3.8) is 0 Å². The van der Waals surface area contributed by atoms with Crippen LogP contribution in [0.5, 0.6) is 0 Å². The van der Waals surface area contributed by atoms with Crippen molar-refractivity contribution in [2.75, 3.05) is 17.2 Å². The van der Waals surface area contributed by atoms with Crippen molar-refractivity contribution >= 4 is 17.3 Å². The predicted molar refractivity (Wildman–Crippen MR) is 90.9 cm³/mol. The molecule has 0 radical (unpaired) electrons. The number of aromatic nitrogens is 2. The molecule has 0 saturated heterocycles. The van der Waals surface area contributed by atoms with Crippen molar-refractivity contribution in [1.82, 2.24) is 9.78 Å². The van der Waals surface area contributed by atoms with E-state index in [-0.39, 0.29) is 5.91 Å². The van der Waals surface area contributed by atoms with Gasteiger partial charge in [0, 0.05) is 25.4 Å². The number of benzene rings is 1. The van der Waals surface area contributed by atoms with Gasteiger partial charge in [-0.3, -0.25) is 9.48 Å². The Labute approximate surface area is 131 Å². The first-order chi connectivity index (χ1) is 10.6. The maximum Gasteiger partial charge on any atom is 0.247 e. The van der Waals surface area contributed by atoms with E-state index in [1.807, 2.05) is 37.5 Å². The molecule has 116 valence electrons. The van der Waals surface area contributed by atoms with E-state index in [9.17, 15) is 4.79 Å². The summed E-state index contributed by atoms with van der Waals surface area (Å²) < 4.78 is 1.75. The summed E-state index contributed by atoms with van der Waals surface area (Å²) >= 11 is 0. The highest BCUT2D eigenvalue weighted by Gasteiger charge is 2.09. The molecule has 1 aromatic carbocycles. The van der Waals surface area contributed by atoms with Crippen LogP contribution in [0.3, 0.4) is 0 Å². The fraction of sp³-hybridized carbons (Fsp3) is 0.294. The minimum atomic E-state index is -0.225. The molecule has 1 heterocycles. The summed E-state index contributed by atoms with van der Waals surface area (Å²) in [6.45, 7) is 6.51. The largest absolute Gasteiger partial charge is 0.383 e. The van der Waals surface area contributed by atoms with Crippen LogP contribution in [0.15, 0.2) is 43.1 Å². The molecule has 1 amide bonds. The standard InChI is InChI=1S/C17H22N4O/c1-4-6-10-18-15-8-7-13(14-9-11-21(3)20-14)12-16(15)19-17(22)5-2/h5,7-9,11-12,18H,2,4,6,10H2,1,3H3,(H,19,22). The molecule has 5 heteroatoms. The van der Waals surface area contributed by atoms with E-state index in [0.717, 1.165) is 42.0 Å². The second-order valence-corrected chi connectivity index (χ2v) is 5.11. The number of rotatable bonds is 7. The first kappa shape index (κ1) is 15.8. The monoisotopic (exact) mass is 298 g/mol. The van der Waals surface area contributed by atoms with E-state index < -0.39 is 0 Å². The minimum Gasteiger partial charge on any atom is -0.383 e. The van der Waals surface area contributed by atoms with Crippen molar-refractivity contribution in [3.05, 3.63) is 43.1 Å². The van der Waals surface area contributed by atoms with E-state index in [0.29, 0.717) is 0 Å². The number of aryl methyl sites for hydroxylation is 1. The van der Waals surface area contributed by atoms with Crippen LogP contribution in [0, 0.1) is 0 Å². The van der Waals surface area contributed by atoms with Gasteiger partial charge in [0.05, 0.1) is 17.1 Å². The minimum absolute atomic E-state index is 0.225. The van der Waals surface area contributed by atoms with E-state index in [2.05, 4.69) is 29.2 Å². The summed E-state index contributed by atoms with van der Waals surface area (Å²) in [4.78, 5) is 11.6. The lowest BCUT2D eigenvalue weighted by Crippen LogP contribution is -2.11. The summed E-state index contributed by atoms with van der Waals surface area (Å²) in [5, 5.41) is 10.6. The van der Waals surface area contributed by atoms with Gasteiger partial charge in [-0.15, -0.1) is 0 Å². The van der Waals surface area contributed by atoms with Gasteiger partial charge in [-0.2, -0.15) is 5.10 Å². The quantitative estimate of drug-likeness (QED) is 0.608. The van der Waals surface area contributed by atoms with Crippen LogP contribution in [0.1, 0.15) is 19.8 Å². The highest BCUT2D eigenvalue weighted by molar-refractivity contribution is 6.01. The maximum absolute atomic E-state index is 11.6. The number of carbonyl (C=O) groups is 1. The number of amides is 1. The van der Waals surface area contributed by atoms with E-state index in [4.69, 9.17) is 0 Å². The average molecular weight is 298 g/mol. The molecule has 0 fully saturated rings. The lowest BCUT2D eigenvalue weighted by molar-refractivity contribution is -0.111. The Bertz CT molecular complexity index is 660. The molecule has 0 saturated carbocycles. The molecule has 2 aromatic rings. The lowest BCUT2D eigenvalue weighted by Gasteiger charge is -2.13. The maximum atomic E-state index is 11.6. The Morgan fingerprint density at radius 2 is 2.18 bits per heavy atom. The highest BCUT2D eigenvalue weighted by atomic mass is 16.1. The molecule has 2 N–H and O–H groups in total. The van der Waals surface area contributed by atoms with E-state index in [1.54, 1.807) is 4.68 Å². The molecule has 0 aliphatic rings. The van der Waals surface area contributed by atoms with Gasteiger partial charge in [-0.05, 0) is 30.7 Å². The number of nitrogens with zero attached hydrogens (tertiary/aromatic N) is 2. The van der Waals surface area contributed by atoms with Crippen molar-refractivity contribution in [2.45, 2.75) is 19.8 Å². The van der Waals surface area contributed by atoms with Crippen molar-refractivity contribution < 1.29 is 4.79 Å². The van der Waals surface area contributed by atoms with E-state index in [1.165, 1.54) is 6.08 Å². The van der Waals surface area contributed by atoms with Gasteiger partial charge < -0.3 is 10.6 Å². The Balaban J connectivity index is 2.29. The van der Waals surface area contributed by atoms with Crippen LogP contribution >= 0.6 is 0 Å². The van der Waals surface area contributed by atoms with Gasteiger partial charge in [-0.1, -0.05) is 26.0 Å². The Kier molecular flexibility index (Phi) is 5.36. The third-order valence-electron chi connectivity index (χ3n) is 3.32. The Hall–Kier alpha value is -2.56. The van der Waals surface area contributed by atoms with Gasteiger partial charge >= 0.3 is 0 Å². The number of anilines is 2. The molecular weight excluding hydrogens is 276 g/mol. The Morgan fingerprint density at radius 3 is 2.82 bits per heavy atom. The topological polar surface area (TPSA) is 59.0 Å². The number of unbranched alkanes of at least 4 members (excludes halogenated alkanes) is 1. The Morgan fingerprint density at radius 1 is 1.36 bits per heavy atom. The first-order valence-electron chi connectivity index (χ1n) is 7.45. The zero-order chi connectivity index (χ0) is 15.9. The van der Waals surface area contributed by atoms with Gasteiger partial charge in [0.25, 0.3) is 0 Å². The molecule has 0 aliphatic heterocycles. The highest BCUT2D eigenvalue weighted by Crippen LogP contribution is 2.28. The average Bonchev–Trinajstić information content (AvgIpc) is 2.95. The first-order valence-corrected chi connectivity index (χ1v) is 7.45. The van der Waals surface area contributed by atoms with Crippen LogP contribution in [0.25, 0.3) is 11.3 Å². The summed E-state index contributed by atoms with van der Waals surface area (Å²) in [7, 11) is 1.88. The van der Waals surface area contributed by atoms with E-state index >= 15 is 0 Å². The van der Waals surface area contributed by atoms with Crippen LogP contribution < -0.4 is 10.6 Å². The number of hydrogen-bond acceptors (Lipinski definition) is 3. The van der Waals surface area contributed by atoms with Crippen molar-refractivity contribution in [3.8, 4) is 11.3 Å². The summed E-state index contributed by atoms with van der Waals surface area (Å²) in [5.41, 5.74) is 3.48. The number of nitrogens with one attached hydrogen (secondary N) is 2. The number of hydrogen-bond donors (Lipinski definition) is 2. The third kappa shape index (κ3) is 3.97. The smallest absolute Gasteiger partial charge is 0.247 e. The zero-order valence-electron chi connectivity index (χ0n) is 13.1. The van der Waals surface area contributed by atoms with Gasteiger partial charge in [0.1, 0.15) is 0 Å². The lowest BCUT2D eigenvalue weighted by atomic mass is 10.1. The predicted octanol–water partition coefficient (Wildman–Crippen LogP) is 3.42. The molecule has 0 aliphatic carbocycles. The van der Waals surface area contributed by atoms with Crippen molar-refractivity contribution in [2.24, 2.45) is 7.05 Å². The molecule has 5 nitrogen and oxygen atoms in total. The molecule has 0 atom stereocenters. The summed E-state index contributed by atoms with van der Waals surface area (Å²) in [6.07, 6.45) is 5.36. The second-order valence-electron chi connectivity index (χ2n) is 5.11. The molecular formula is C17H22N4O. The van der Waals surface area contributed by atoms with Crippen molar-refractivity contribution in [1.29, 1.82) is 0 Å². The molecule has 2 rings (SSSR count). The van der Waals surface area contributed by atoms with Crippen LogP contribution in [-0.4, -0.2) is 22.2 Å². The normalized spacial score (nSPS) is 10.3. The van der Waals surface area contributed by atoms with Crippen LogP contribution in [0.4, 0.5) is 11.4 Å². The summed E-state index contributed by atoms with van der Waals surface area (Å²) in [5.74, 6) is -0.225. The van der Waals surface area contributed by atoms with Crippen LogP contribution in [-0.2, 0) is 11.8 Å². The molecule has 22 heavy (non-hydrogen) atoms. The third-order valence-corrected chi connectivity index (χ3v) is 3.32. The van der Waals surface area contributed by atoms with Gasteiger partial charge in [0.2, 0.25) is 5.91 Å².